The van der Waals surface area contributed by atoms with Crippen molar-refractivity contribution in [2.24, 2.45) is 5.73 Å². The Kier molecular flexibility index (Phi) is 25.7. The Hall–Kier alpha value is -8.43. The molecule has 482 valence electrons. The van der Waals surface area contributed by atoms with Gasteiger partial charge in [0, 0.05) is 57.5 Å². The Balaban J connectivity index is 0.000000277. The lowest BCUT2D eigenvalue weighted by Gasteiger charge is -2.36. The number of ether oxygens (including phenoxy) is 3. The van der Waals surface area contributed by atoms with E-state index < -0.39 is 51.1 Å². The van der Waals surface area contributed by atoms with E-state index in [2.05, 4.69) is 102 Å². The largest absolute Gasteiger partial charge is 0.449 e. The lowest BCUT2D eigenvalue weighted by molar-refractivity contribution is -0.121. The van der Waals surface area contributed by atoms with E-state index in [4.69, 9.17) is 19.9 Å². The Morgan fingerprint density at radius 3 is 1.10 bits per heavy atom. The second-order valence-electron chi connectivity index (χ2n) is 24.8. The second-order valence-corrected chi connectivity index (χ2v) is 27.2. The summed E-state index contributed by atoms with van der Waals surface area (Å²) < 4.78 is 15.6. The Labute approximate surface area is 554 Å². The average molecular weight is 1280 g/mol. The first-order valence-electron chi connectivity index (χ1n) is 31.1. The quantitative estimate of drug-likeness (QED) is 0.0414. The van der Waals surface area contributed by atoms with Crippen molar-refractivity contribution in [1.29, 1.82) is 0 Å². The van der Waals surface area contributed by atoms with Crippen LogP contribution >= 0.6 is 23.5 Å². The molecule has 1 aliphatic carbocycles. The van der Waals surface area contributed by atoms with E-state index in [1.807, 2.05) is 175 Å². The van der Waals surface area contributed by atoms with Gasteiger partial charge < -0.3 is 35.1 Å². The maximum atomic E-state index is 14.2. The van der Waals surface area contributed by atoms with Gasteiger partial charge in [-0.15, -0.1) is 23.5 Å². The van der Waals surface area contributed by atoms with Crippen LogP contribution in [0.4, 0.5) is 14.4 Å². The fraction of sp³-hybridized carbons (Fsp3) is 0.321. The molecule has 0 heterocycles. The van der Waals surface area contributed by atoms with Gasteiger partial charge >= 0.3 is 18.3 Å². The first-order valence-corrected chi connectivity index (χ1v) is 33.1. The molecule has 0 aromatic heterocycles. The third-order valence-electron chi connectivity index (χ3n) is 15.7. The molecule has 92 heavy (non-hydrogen) atoms. The van der Waals surface area contributed by atoms with Gasteiger partial charge in [-0.3, -0.25) is 9.59 Å². The first kappa shape index (κ1) is 71.0. The van der Waals surface area contributed by atoms with Gasteiger partial charge in [0.25, 0.3) is 0 Å². The van der Waals surface area contributed by atoms with Crippen LogP contribution in [0.3, 0.4) is 0 Å². The van der Waals surface area contributed by atoms with E-state index in [-0.39, 0.29) is 43.7 Å². The molecule has 0 spiro atoms. The molecule has 0 bridgehead atoms. The van der Waals surface area contributed by atoms with Crippen LogP contribution in [0.15, 0.2) is 231 Å². The van der Waals surface area contributed by atoms with E-state index in [1.54, 1.807) is 37.6 Å². The predicted octanol–water partition coefficient (Wildman–Crippen LogP) is 16.7. The molecule has 2 atom stereocenters. The van der Waals surface area contributed by atoms with Gasteiger partial charge in [-0.05, 0) is 110 Å². The summed E-state index contributed by atoms with van der Waals surface area (Å²) in [5.41, 5.74) is 16.3. The molecule has 0 unspecified atom stereocenters. The molecule has 3 N–H and O–H groups in total. The summed E-state index contributed by atoms with van der Waals surface area (Å²) in [5.74, 6) is 0.463. The summed E-state index contributed by atoms with van der Waals surface area (Å²) >= 11 is 3.29. The smallest absolute Gasteiger partial charge is 0.410 e. The number of benzene rings is 8. The van der Waals surface area contributed by atoms with Gasteiger partial charge in [-0.25, -0.2) is 14.4 Å². The Morgan fingerprint density at radius 2 is 0.761 bits per heavy atom. The van der Waals surface area contributed by atoms with Crippen molar-refractivity contribution in [2.45, 2.75) is 113 Å². The SMILES string of the molecule is C.CN(CCCC(=O)[C@@H](N)CSC(c1ccccc1)(c1ccccc1)c1ccccc1)C(=O)OC(C)(C)C.CN(CCCC(=O)[C@H](CSC(c1ccccc1)(c1ccccc1)c1ccccc1)NC(=O)OCC1c2ccccc2-c2ccccc21)C(=O)OC(C)(C)C. The van der Waals surface area contributed by atoms with Crippen LogP contribution in [0.5, 0.6) is 0 Å². The van der Waals surface area contributed by atoms with Gasteiger partial charge in [0.2, 0.25) is 0 Å². The van der Waals surface area contributed by atoms with Crippen molar-refractivity contribution in [1.82, 2.24) is 15.1 Å². The van der Waals surface area contributed by atoms with Gasteiger partial charge in [0.15, 0.2) is 5.78 Å². The summed E-state index contributed by atoms with van der Waals surface area (Å²) in [4.78, 5) is 68.6. The average Bonchev–Trinajstić information content (AvgIpc) is 0.915. The number of nitrogens with zero attached hydrogens (tertiary/aromatic N) is 2. The molecule has 12 nitrogen and oxygen atoms in total. The number of fused-ring (bicyclic) bond motifs is 3. The van der Waals surface area contributed by atoms with Gasteiger partial charge in [-0.2, -0.15) is 0 Å². The number of rotatable bonds is 25. The molecular weight excluding hydrogens is 1190 g/mol. The maximum Gasteiger partial charge on any atom is 0.410 e. The zero-order valence-corrected chi connectivity index (χ0v) is 55.2. The number of amides is 3. The highest BCUT2D eigenvalue weighted by atomic mass is 32.2. The molecule has 8 aromatic rings. The molecule has 3 amide bonds. The van der Waals surface area contributed by atoms with Crippen LogP contribution in [0.25, 0.3) is 11.1 Å². The fourth-order valence-electron chi connectivity index (χ4n) is 11.3. The van der Waals surface area contributed by atoms with Crippen LogP contribution in [-0.2, 0) is 33.3 Å². The summed E-state index contributed by atoms with van der Waals surface area (Å²) in [5, 5.41) is 2.97. The van der Waals surface area contributed by atoms with Gasteiger partial charge in [-0.1, -0.05) is 238 Å². The van der Waals surface area contributed by atoms with Crippen molar-refractivity contribution < 1.29 is 38.2 Å². The highest BCUT2D eigenvalue weighted by Crippen LogP contribution is 2.50. The summed E-state index contributed by atoms with van der Waals surface area (Å²) in [6, 6.07) is 76.8. The number of hydrogen-bond donors (Lipinski definition) is 2. The Morgan fingerprint density at radius 1 is 0.457 bits per heavy atom. The van der Waals surface area contributed by atoms with Crippen LogP contribution < -0.4 is 11.1 Å². The minimum Gasteiger partial charge on any atom is -0.449 e. The highest BCUT2D eigenvalue weighted by Gasteiger charge is 2.40. The molecule has 1 aliphatic rings. The van der Waals surface area contributed by atoms with E-state index >= 15 is 0 Å². The minimum absolute atomic E-state index is 0. The molecule has 14 heteroatoms. The molecule has 0 saturated carbocycles. The highest BCUT2D eigenvalue weighted by molar-refractivity contribution is 8.01. The molecule has 0 aliphatic heterocycles. The lowest BCUT2D eigenvalue weighted by atomic mass is 9.84. The van der Waals surface area contributed by atoms with Crippen LogP contribution in [0.1, 0.15) is 125 Å². The number of carbonyl (C=O) groups excluding carboxylic acids is 5. The maximum absolute atomic E-state index is 14.2. The predicted molar refractivity (Wildman–Crippen MR) is 376 cm³/mol. The zero-order chi connectivity index (χ0) is 65.0. The third kappa shape index (κ3) is 18.6. The lowest BCUT2D eigenvalue weighted by Crippen LogP contribution is -2.44. The van der Waals surface area contributed by atoms with Crippen LogP contribution in [0.2, 0.25) is 0 Å². The zero-order valence-electron chi connectivity index (χ0n) is 53.6. The number of thioether (sulfide) groups is 2. The van der Waals surface area contributed by atoms with Crippen LogP contribution in [0, 0.1) is 0 Å². The minimum atomic E-state index is -0.868. The third-order valence-corrected chi connectivity index (χ3v) is 19.0. The number of nitrogens with two attached hydrogens (primary N) is 1. The van der Waals surface area contributed by atoms with Crippen molar-refractivity contribution >= 4 is 53.4 Å². The molecular formula is C78H90N4O8S2. The molecule has 0 saturated heterocycles. The van der Waals surface area contributed by atoms with E-state index in [9.17, 15) is 24.0 Å². The van der Waals surface area contributed by atoms with Gasteiger partial charge in [0.1, 0.15) is 23.6 Å². The molecule has 8 aromatic carbocycles. The number of alkyl carbamates (subject to hydrolysis) is 1. The number of Topliss-reactive ketones (excluding diaryl/α,β-unsaturated/α-hetero) is 2. The summed E-state index contributed by atoms with van der Waals surface area (Å²) in [6.45, 7) is 11.9. The van der Waals surface area contributed by atoms with Gasteiger partial charge in [0.05, 0.1) is 21.6 Å². The van der Waals surface area contributed by atoms with Crippen molar-refractivity contribution in [3.8, 4) is 11.1 Å². The standard InChI is InChI=1S/C46H48N2O5S.C31H38N2O3S.CH4/c1-45(2,3)53-44(51)48(4)30-18-29-42(49)41(47-43(50)52-31-40-38-27-16-14-25-36(38)37-26-15-17-28-39(37)40)32-54-46(33-19-8-5-9-20-33,34-21-10-6-11-22-34)35-23-12-7-13-24-35;1-30(2,3)36-29(35)33(4)22-14-21-28(34)27(32)23-37-31(24-15-8-5-9-16-24,25-17-10-6-11-18-25)26-19-12-7-13-20-26;/h5-17,19-28,40-41H,18,29-32H2,1-4H3,(H,47,50);5-13,15-20,27H,14,21-23,32H2,1-4H3;1H4/t41-;27-;/m00./s1. The van der Waals surface area contributed by atoms with E-state index in [0.29, 0.717) is 38.1 Å². The number of ketones is 2. The number of hydrogen-bond acceptors (Lipinski definition) is 11. The fourth-order valence-corrected chi connectivity index (χ4v) is 14.4. The molecule has 9 rings (SSSR count). The van der Waals surface area contributed by atoms with E-state index in [1.165, 1.54) is 9.80 Å². The van der Waals surface area contributed by atoms with E-state index in [0.717, 1.165) is 55.6 Å². The van der Waals surface area contributed by atoms with Crippen molar-refractivity contribution in [2.75, 3.05) is 45.3 Å². The molecule has 0 radical (unpaired) electrons. The number of nitrogens with one attached hydrogen (secondary N) is 1. The van der Waals surface area contributed by atoms with Crippen LogP contribution in [-0.4, -0.2) is 108 Å². The summed E-state index contributed by atoms with van der Waals surface area (Å²) in [7, 11) is 3.34. The van der Waals surface area contributed by atoms with Crippen molar-refractivity contribution in [3.63, 3.8) is 0 Å². The normalized spacial score (nSPS) is 12.7. The first-order chi connectivity index (χ1) is 43.7. The monoisotopic (exact) mass is 1270 g/mol. The molecule has 0 fully saturated rings. The Bertz CT molecular complexity index is 3390. The summed E-state index contributed by atoms with van der Waals surface area (Å²) in [6.07, 6.45) is -0.0833. The second kappa shape index (κ2) is 33.2. The number of carbonyl (C=O) groups is 5. The topological polar surface area (TPSA) is 158 Å². The van der Waals surface area contributed by atoms with Crippen molar-refractivity contribution in [3.05, 3.63) is 275 Å².